The molecule has 0 saturated heterocycles. The molecule has 0 radical (unpaired) electrons. The Morgan fingerprint density at radius 2 is 1.87 bits per heavy atom. The zero-order valence-electron chi connectivity index (χ0n) is 17.8. The Balaban J connectivity index is 1.52. The summed E-state index contributed by atoms with van der Waals surface area (Å²) in [7, 11) is 0. The van der Waals surface area contributed by atoms with Crippen LogP contribution >= 0.6 is 11.6 Å². The minimum absolute atomic E-state index is 0.104. The Kier molecular flexibility index (Phi) is 6.37. The molecular weight excluding hydrogens is 412 g/mol. The fraction of sp³-hybridized carbons (Fsp3) is 0.417. The van der Waals surface area contributed by atoms with Crippen LogP contribution in [0.1, 0.15) is 61.9 Å². The molecule has 0 amide bonds. The molecule has 2 heterocycles. The number of anilines is 1. The van der Waals surface area contributed by atoms with E-state index in [1.54, 1.807) is 30.5 Å². The molecule has 2 N–H and O–H groups in total. The summed E-state index contributed by atoms with van der Waals surface area (Å²) in [5.74, 6) is 1.41. The van der Waals surface area contributed by atoms with Gasteiger partial charge in [-0.1, -0.05) is 37.6 Å². The van der Waals surface area contributed by atoms with Crippen molar-refractivity contribution in [1.82, 2.24) is 15.0 Å². The monoisotopic (exact) mass is 438 g/mol. The number of Topliss-reactive ketones (excluding diaryl/α,β-unsaturated/α-hetero) is 1. The van der Waals surface area contributed by atoms with Crippen LogP contribution in [0.2, 0.25) is 5.02 Å². The molecule has 1 aliphatic carbocycles. The molecule has 1 fully saturated rings. The molecule has 0 aliphatic heterocycles. The highest BCUT2D eigenvalue weighted by Gasteiger charge is 2.26. The zero-order chi connectivity index (χ0) is 22.0. The fourth-order valence-corrected chi connectivity index (χ4v) is 4.49. The number of ketones is 2. The first-order valence-corrected chi connectivity index (χ1v) is 11.2. The Labute approximate surface area is 186 Å². The minimum Gasteiger partial charge on any atom is -0.367 e. The number of aromatic nitrogens is 3. The van der Waals surface area contributed by atoms with E-state index in [1.165, 1.54) is 6.33 Å². The van der Waals surface area contributed by atoms with E-state index in [2.05, 4.69) is 20.3 Å². The first-order valence-electron chi connectivity index (χ1n) is 10.8. The summed E-state index contributed by atoms with van der Waals surface area (Å²) in [6.45, 7) is 3.93. The van der Waals surface area contributed by atoms with E-state index in [-0.39, 0.29) is 17.7 Å². The summed E-state index contributed by atoms with van der Waals surface area (Å²) in [6.07, 6.45) is 7.82. The molecule has 1 aromatic carbocycles. The number of rotatable bonds is 7. The molecule has 7 heteroatoms. The van der Waals surface area contributed by atoms with Crippen molar-refractivity contribution in [2.24, 2.45) is 11.8 Å². The predicted molar refractivity (Wildman–Crippen MR) is 123 cm³/mol. The van der Waals surface area contributed by atoms with Gasteiger partial charge in [0.2, 0.25) is 0 Å². The molecule has 2 aromatic heterocycles. The molecule has 0 unspecified atom stereocenters. The van der Waals surface area contributed by atoms with Crippen LogP contribution in [-0.4, -0.2) is 32.6 Å². The number of H-pyrrole nitrogens is 1. The number of hydrogen-bond donors (Lipinski definition) is 2. The molecule has 31 heavy (non-hydrogen) atoms. The van der Waals surface area contributed by atoms with E-state index in [4.69, 9.17) is 11.6 Å². The molecule has 1 aliphatic rings. The van der Waals surface area contributed by atoms with E-state index < -0.39 is 0 Å². The minimum atomic E-state index is -0.161. The number of halogens is 1. The van der Waals surface area contributed by atoms with E-state index >= 15 is 0 Å². The Bertz CT molecular complexity index is 1100. The van der Waals surface area contributed by atoms with Crippen LogP contribution in [0.15, 0.2) is 36.8 Å². The Morgan fingerprint density at radius 1 is 1.13 bits per heavy atom. The van der Waals surface area contributed by atoms with Crippen LogP contribution in [0, 0.1) is 11.8 Å². The number of carbonyl (C=O) groups is 2. The molecule has 0 atom stereocenters. The number of hydrogen-bond acceptors (Lipinski definition) is 5. The third-order valence-electron chi connectivity index (χ3n) is 6.15. The van der Waals surface area contributed by atoms with Gasteiger partial charge in [0.15, 0.2) is 5.78 Å². The lowest BCUT2D eigenvalue weighted by Gasteiger charge is -2.29. The van der Waals surface area contributed by atoms with Gasteiger partial charge in [0.1, 0.15) is 23.6 Å². The number of fused-ring (bicyclic) bond motifs is 1. The topological polar surface area (TPSA) is 87.7 Å². The maximum atomic E-state index is 13.2. The van der Waals surface area contributed by atoms with Crippen LogP contribution in [0.4, 0.5) is 5.82 Å². The maximum Gasteiger partial charge on any atom is 0.196 e. The number of carbonyl (C=O) groups excluding carboxylic acids is 2. The molecular formula is C24H27ClN4O2. The second-order valence-electron chi connectivity index (χ2n) is 8.64. The fourth-order valence-electron chi connectivity index (χ4n) is 4.27. The third kappa shape index (κ3) is 4.64. The van der Waals surface area contributed by atoms with Gasteiger partial charge in [-0.15, -0.1) is 0 Å². The van der Waals surface area contributed by atoms with E-state index in [9.17, 15) is 9.59 Å². The summed E-state index contributed by atoms with van der Waals surface area (Å²) in [6, 6.07) is 7.28. The van der Waals surface area contributed by atoms with Gasteiger partial charge < -0.3 is 10.3 Å². The second-order valence-corrected chi connectivity index (χ2v) is 9.05. The van der Waals surface area contributed by atoms with E-state index in [1.807, 2.05) is 13.8 Å². The quantitative estimate of drug-likeness (QED) is 0.480. The number of aromatic amines is 1. The maximum absolute atomic E-state index is 13.2. The lowest BCUT2D eigenvalue weighted by atomic mass is 9.82. The average molecular weight is 439 g/mol. The van der Waals surface area contributed by atoms with Crippen LogP contribution in [0.25, 0.3) is 11.0 Å². The summed E-state index contributed by atoms with van der Waals surface area (Å²) in [4.78, 5) is 37.0. The van der Waals surface area contributed by atoms with Crippen LogP contribution < -0.4 is 5.32 Å². The number of benzene rings is 1. The normalized spacial score (nSPS) is 19.0. The van der Waals surface area contributed by atoms with Crippen molar-refractivity contribution >= 4 is 40.0 Å². The van der Waals surface area contributed by atoms with E-state index in [0.29, 0.717) is 51.1 Å². The lowest BCUT2D eigenvalue weighted by molar-refractivity contribution is -0.123. The molecule has 6 nitrogen and oxygen atoms in total. The van der Waals surface area contributed by atoms with Gasteiger partial charge in [-0.2, -0.15) is 0 Å². The van der Waals surface area contributed by atoms with Gasteiger partial charge in [-0.3, -0.25) is 9.59 Å². The Morgan fingerprint density at radius 3 is 2.58 bits per heavy atom. The molecule has 4 rings (SSSR count). The smallest absolute Gasteiger partial charge is 0.196 e. The van der Waals surface area contributed by atoms with E-state index in [0.717, 1.165) is 25.7 Å². The van der Waals surface area contributed by atoms with Crippen molar-refractivity contribution in [3.63, 3.8) is 0 Å². The van der Waals surface area contributed by atoms with Crippen LogP contribution in [0.3, 0.4) is 0 Å². The molecule has 3 aromatic rings. The van der Waals surface area contributed by atoms with Gasteiger partial charge in [0, 0.05) is 30.1 Å². The van der Waals surface area contributed by atoms with Crippen molar-refractivity contribution in [2.75, 3.05) is 5.32 Å². The van der Waals surface area contributed by atoms with Gasteiger partial charge in [0.05, 0.1) is 16.0 Å². The second kappa shape index (κ2) is 9.18. The first-order chi connectivity index (χ1) is 14.9. The van der Waals surface area contributed by atoms with Crippen LogP contribution in [-0.2, 0) is 4.79 Å². The highest BCUT2D eigenvalue weighted by atomic mass is 35.5. The number of nitrogens with zero attached hydrogens (tertiary/aromatic N) is 2. The standard InChI is InChI=1S/C24H27ClN4O2/c1-14(2)20(30)11-15-7-9-16(10-8-15)29-24-21-18(12-26-23(21)27-13-28-24)22(31)17-5-3-4-6-19(17)25/h3-6,12-16H,7-11H2,1-2H3,(H2,26,27,28,29). The van der Waals surface area contributed by atoms with Crippen molar-refractivity contribution < 1.29 is 9.59 Å². The van der Waals surface area contributed by atoms with Crippen molar-refractivity contribution in [2.45, 2.75) is 52.0 Å². The molecule has 0 bridgehead atoms. The van der Waals surface area contributed by atoms with Crippen molar-refractivity contribution in [3.8, 4) is 0 Å². The summed E-state index contributed by atoms with van der Waals surface area (Å²) in [5.41, 5.74) is 1.57. The molecule has 1 saturated carbocycles. The van der Waals surface area contributed by atoms with Gasteiger partial charge in [-0.25, -0.2) is 9.97 Å². The van der Waals surface area contributed by atoms with Gasteiger partial charge in [0.25, 0.3) is 0 Å². The zero-order valence-corrected chi connectivity index (χ0v) is 18.6. The first kappa shape index (κ1) is 21.5. The molecule has 0 spiro atoms. The van der Waals surface area contributed by atoms with Gasteiger partial charge in [-0.05, 0) is 43.7 Å². The van der Waals surface area contributed by atoms with Crippen LogP contribution in [0.5, 0.6) is 0 Å². The van der Waals surface area contributed by atoms with Crippen molar-refractivity contribution in [1.29, 1.82) is 0 Å². The Hall–Kier alpha value is -2.73. The number of nitrogens with one attached hydrogen (secondary N) is 2. The average Bonchev–Trinajstić information content (AvgIpc) is 3.20. The summed E-state index contributed by atoms with van der Waals surface area (Å²) in [5, 5.41) is 4.63. The molecule has 162 valence electrons. The summed E-state index contributed by atoms with van der Waals surface area (Å²) < 4.78 is 0. The predicted octanol–water partition coefficient (Wildman–Crippen LogP) is 5.43. The van der Waals surface area contributed by atoms with Gasteiger partial charge >= 0.3 is 0 Å². The third-order valence-corrected chi connectivity index (χ3v) is 6.48. The lowest BCUT2D eigenvalue weighted by Crippen LogP contribution is -2.28. The SMILES string of the molecule is CC(C)C(=O)CC1CCC(Nc2ncnc3[nH]cc(C(=O)c4ccccc4Cl)c23)CC1. The summed E-state index contributed by atoms with van der Waals surface area (Å²) >= 11 is 6.25. The largest absolute Gasteiger partial charge is 0.367 e. The highest BCUT2D eigenvalue weighted by Crippen LogP contribution is 2.32. The van der Waals surface area contributed by atoms with Crippen molar-refractivity contribution in [3.05, 3.63) is 52.9 Å². The highest BCUT2D eigenvalue weighted by molar-refractivity contribution is 6.35.